The van der Waals surface area contributed by atoms with Crippen LogP contribution in [-0.2, 0) is 22.4 Å². The Hall–Kier alpha value is -1.66. The van der Waals surface area contributed by atoms with Gasteiger partial charge in [0.2, 0.25) is 5.91 Å². The van der Waals surface area contributed by atoms with E-state index in [1.54, 1.807) is 0 Å². The van der Waals surface area contributed by atoms with Crippen molar-refractivity contribution in [3.8, 4) is 0 Å². The third kappa shape index (κ3) is 4.43. The van der Waals surface area contributed by atoms with E-state index >= 15 is 0 Å². The number of likely N-dealkylation sites (tertiary alicyclic amines) is 1. The number of hydrogen-bond acceptors (Lipinski definition) is 5. The fourth-order valence-corrected chi connectivity index (χ4v) is 5.18. The number of carbonyl (C=O) groups is 2. The highest BCUT2D eigenvalue weighted by Crippen LogP contribution is 2.39. The van der Waals surface area contributed by atoms with Crippen LogP contribution in [0.5, 0.6) is 0 Å². The van der Waals surface area contributed by atoms with Gasteiger partial charge >= 0.3 is 0 Å². The van der Waals surface area contributed by atoms with Crippen LogP contribution in [0.15, 0.2) is 4.42 Å². The van der Waals surface area contributed by atoms with Crippen LogP contribution >= 0.6 is 0 Å². The molecule has 1 amide bonds. The van der Waals surface area contributed by atoms with Gasteiger partial charge in [0.05, 0.1) is 25.2 Å². The highest BCUT2D eigenvalue weighted by Gasteiger charge is 2.37. The maximum Gasteiger partial charge on any atom is 0.227 e. The minimum Gasteiger partial charge on any atom is -0.465 e. The fraction of sp³-hybridized carbons (Fsp3) is 0.739. The van der Waals surface area contributed by atoms with Crippen molar-refractivity contribution >= 4 is 11.7 Å². The number of nitrogens with zero attached hydrogens (tertiary/aromatic N) is 2. The SMILES string of the molecule is Cc1oc2c(c1CC(=O)N1CCCCC1CN1CCOCC1)C(=O)CC(C)(C)C2. The lowest BCUT2D eigenvalue weighted by molar-refractivity contribution is -0.134. The van der Waals surface area contributed by atoms with Crippen molar-refractivity contribution in [3.63, 3.8) is 0 Å². The Kier molecular flexibility index (Phi) is 5.85. The maximum absolute atomic E-state index is 13.3. The monoisotopic (exact) mass is 402 g/mol. The second kappa shape index (κ2) is 8.23. The minimum atomic E-state index is -0.0776. The van der Waals surface area contributed by atoms with Gasteiger partial charge in [0.15, 0.2) is 5.78 Å². The number of rotatable bonds is 4. The number of piperidine rings is 1. The molecule has 0 bridgehead atoms. The fourth-order valence-electron chi connectivity index (χ4n) is 5.18. The Morgan fingerprint density at radius 1 is 1.14 bits per heavy atom. The number of morpholine rings is 1. The molecule has 3 heterocycles. The smallest absolute Gasteiger partial charge is 0.227 e. The molecule has 0 N–H and O–H groups in total. The summed E-state index contributed by atoms with van der Waals surface area (Å²) in [7, 11) is 0. The molecule has 4 rings (SSSR count). The van der Waals surface area contributed by atoms with Gasteiger partial charge in [-0.3, -0.25) is 14.5 Å². The van der Waals surface area contributed by atoms with Crippen LogP contribution in [0.25, 0.3) is 0 Å². The Bertz CT molecular complexity index is 776. The average Bonchev–Trinajstić information content (AvgIpc) is 2.97. The lowest BCUT2D eigenvalue weighted by atomic mass is 9.75. The second-order valence-corrected chi connectivity index (χ2v) is 9.70. The Balaban J connectivity index is 1.49. The molecular weight excluding hydrogens is 368 g/mol. The first-order chi connectivity index (χ1) is 13.8. The van der Waals surface area contributed by atoms with Crippen LogP contribution in [0.3, 0.4) is 0 Å². The predicted octanol–water partition coefficient (Wildman–Crippen LogP) is 3.00. The van der Waals surface area contributed by atoms with Gasteiger partial charge < -0.3 is 14.1 Å². The first kappa shape index (κ1) is 20.6. The van der Waals surface area contributed by atoms with Crippen molar-refractivity contribution in [1.82, 2.24) is 9.80 Å². The zero-order valence-electron chi connectivity index (χ0n) is 18.1. The number of ketones is 1. The van der Waals surface area contributed by atoms with E-state index in [0.29, 0.717) is 12.0 Å². The van der Waals surface area contributed by atoms with Crippen LogP contribution in [0.1, 0.15) is 67.0 Å². The Morgan fingerprint density at radius 3 is 2.66 bits per heavy atom. The van der Waals surface area contributed by atoms with E-state index in [1.165, 1.54) is 6.42 Å². The Morgan fingerprint density at radius 2 is 1.90 bits per heavy atom. The molecule has 2 aliphatic heterocycles. The number of hydrogen-bond donors (Lipinski definition) is 0. The highest BCUT2D eigenvalue weighted by molar-refractivity contribution is 6.01. The molecule has 29 heavy (non-hydrogen) atoms. The molecule has 160 valence electrons. The largest absolute Gasteiger partial charge is 0.465 e. The number of fused-ring (bicyclic) bond motifs is 1. The third-order valence-corrected chi connectivity index (χ3v) is 6.69. The molecule has 0 radical (unpaired) electrons. The minimum absolute atomic E-state index is 0.0776. The molecule has 2 saturated heterocycles. The van der Waals surface area contributed by atoms with Gasteiger partial charge in [0.25, 0.3) is 0 Å². The van der Waals surface area contributed by atoms with Crippen LogP contribution < -0.4 is 0 Å². The summed E-state index contributed by atoms with van der Waals surface area (Å²) in [5, 5.41) is 0. The summed E-state index contributed by atoms with van der Waals surface area (Å²) in [5.74, 6) is 1.76. The van der Waals surface area contributed by atoms with Gasteiger partial charge in [-0.15, -0.1) is 0 Å². The zero-order chi connectivity index (χ0) is 20.6. The molecular formula is C23H34N2O4. The van der Waals surface area contributed by atoms with E-state index in [4.69, 9.17) is 9.15 Å². The molecule has 1 aromatic heterocycles. The molecule has 1 unspecified atom stereocenters. The summed E-state index contributed by atoms with van der Waals surface area (Å²) in [4.78, 5) is 30.6. The number of ether oxygens (including phenoxy) is 1. The first-order valence-electron chi connectivity index (χ1n) is 11.1. The molecule has 3 aliphatic rings. The van der Waals surface area contributed by atoms with Crippen LogP contribution in [0, 0.1) is 12.3 Å². The summed E-state index contributed by atoms with van der Waals surface area (Å²) in [6, 6.07) is 0.256. The van der Waals surface area contributed by atoms with Gasteiger partial charge in [0, 0.05) is 50.6 Å². The molecule has 1 aromatic rings. The van der Waals surface area contributed by atoms with Crippen LogP contribution in [-0.4, -0.2) is 66.9 Å². The number of Topliss-reactive ketones (excluding diaryl/α,β-unsaturated/α-hetero) is 1. The molecule has 1 aliphatic carbocycles. The predicted molar refractivity (Wildman–Crippen MR) is 110 cm³/mol. The average molecular weight is 403 g/mol. The van der Waals surface area contributed by atoms with Crippen molar-refractivity contribution < 1.29 is 18.7 Å². The van der Waals surface area contributed by atoms with Crippen molar-refractivity contribution in [3.05, 3.63) is 22.6 Å². The number of carbonyl (C=O) groups excluding carboxylic acids is 2. The normalized spacial score (nSPS) is 25.1. The third-order valence-electron chi connectivity index (χ3n) is 6.69. The zero-order valence-corrected chi connectivity index (χ0v) is 18.1. The van der Waals surface area contributed by atoms with Crippen molar-refractivity contribution in [1.29, 1.82) is 0 Å². The van der Waals surface area contributed by atoms with Gasteiger partial charge in [-0.1, -0.05) is 13.8 Å². The summed E-state index contributed by atoms with van der Waals surface area (Å²) in [6.45, 7) is 11.3. The lowest BCUT2D eigenvalue weighted by Gasteiger charge is -2.39. The molecule has 6 heteroatoms. The molecule has 1 atom stereocenters. The highest BCUT2D eigenvalue weighted by atomic mass is 16.5. The van der Waals surface area contributed by atoms with Crippen molar-refractivity contribution in [2.45, 2.75) is 65.3 Å². The summed E-state index contributed by atoms with van der Waals surface area (Å²) in [5.41, 5.74) is 1.43. The van der Waals surface area contributed by atoms with Crippen molar-refractivity contribution in [2.24, 2.45) is 5.41 Å². The van der Waals surface area contributed by atoms with E-state index < -0.39 is 0 Å². The molecule has 6 nitrogen and oxygen atoms in total. The van der Waals surface area contributed by atoms with Crippen LogP contribution in [0.2, 0.25) is 0 Å². The molecule has 0 spiro atoms. The molecule has 0 saturated carbocycles. The maximum atomic E-state index is 13.3. The lowest BCUT2D eigenvalue weighted by Crippen LogP contribution is -2.51. The van der Waals surface area contributed by atoms with Gasteiger partial charge in [-0.2, -0.15) is 0 Å². The first-order valence-corrected chi connectivity index (χ1v) is 11.1. The quantitative estimate of drug-likeness (QED) is 0.775. The number of furan rings is 1. The topological polar surface area (TPSA) is 63.0 Å². The van der Waals surface area contributed by atoms with E-state index in [0.717, 1.165) is 75.7 Å². The molecule has 2 fully saturated rings. The summed E-state index contributed by atoms with van der Waals surface area (Å²) >= 11 is 0. The molecule has 0 aromatic carbocycles. The van der Waals surface area contributed by atoms with Crippen LogP contribution in [0.4, 0.5) is 0 Å². The Labute approximate surface area is 173 Å². The van der Waals surface area contributed by atoms with Gasteiger partial charge in [-0.05, 0) is 31.6 Å². The van der Waals surface area contributed by atoms with E-state index in [-0.39, 0.29) is 29.6 Å². The van der Waals surface area contributed by atoms with E-state index in [2.05, 4.69) is 23.6 Å². The van der Waals surface area contributed by atoms with E-state index in [1.807, 2.05) is 6.92 Å². The second-order valence-electron chi connectivity index (χ2n) is 9.70. The summed E-state index contributed by atoms with van der Waals surface area (Å²) in [6.07, 6.45) is 4.83. The number of aryl methyl sites for hydroxylation is 1. The standard InChI is InChI=1S/C23H34N2O4/c1-16-18(22-19(26)13-23(2,3)14-20(22)29-16)12-21(27)25-7-5-4-6-17(25)15-24-8-10-28-11-9-24/h17H,4-15H2,1-3H3. The van der Waals surface area contributed by atoms with Gasteiger partial charge in [-0.25, -0.2) is 0 Å². The van der Waals surface area contributed by atoms with Gasteiger partial charge in [0.1, 0.15) is 11.5 Å². The summed E-state index contributed by atoms with van der Waals surface area (Å²) < 4.78 is 11.4. The van der Waals surface area contributed by atoms with E-state index in [9.17, 15) is 9.59 Å². The number of amides is 1. The van der Waals surface area contributed by atoms with Crippen molar-refractivity contribution in [2.75, 3.05) is 39.4 Å².